The van der Waals surface area contributed by atoms with Crippen molar-refractivity contribution in [2.75, 3.05) is 19.7 Å². The maximum Gasteiger partial charge on any atom is 0.0900 e. The Kier molecular flexibility index (Phi) is 5.63. The molecule has 18 heavy (non-hydrogen) atoms. The highest BCUT2D eigenvalue weighted by atomic mass is 32.1. The second-order valence-electron chi connectivity index (χ2n) is 5.09. The number of thiophene rings is 1. The van der Waals surface area contributed by atoms with Crippen LogP contribution in [-0.2, 0) is 11.3 Å². The van der Waals surface area contributed by atoms with Gasteiger partial charge in [-0.2, -0.15) is 0 Å². The molecule has 0 aromatic carbocycles. The molecule has 0 spiro atoms. The molecule has 2 rings (SSSR count). The van der Waals surface area contributed by atoms with E-state index in [4.69, 9.17) is 4.74 Å². The number of hydrogen-bond acceptors (Lipinski definition) is 4. The maximum absolute atomic E-state index is 9.98. The van der Waals surface area contributed by atoms with Crippen molar-refractivity contribution in [2.45, 2.75) is 44.9 Å². The van der Waals surface area contributed by atoms with Crippen LogP contribution < -0.4 is 0 Å². The molecular weight excluding hydrogens is 246 g/mol. The third-order valence-electron chi connectivity index (χ3n) is 3.52. The van der Waals surface area contributed by atoms with Gasteiger partial charge < -0.3 is 9.84 Å². The van der Waals surface area contributed by atoms with Crippen LogP contribution in [0.1, 0.15) is 31.1 Å². The van der Waals surface area contributed by atoms with Crippen LogP contribution in [0.25, 0.3) is 0 Å². The first-order valence-corrected chi connectivity index (χ1v) is 7.66. The van der Waals surface area contributed by atoms with Crippen molar-refractivity contribution >= 4 is 11.3 Å². The van der Waals surface area contributed by atoms with E-state index in [-0.39, 0.29) is 6.10 Å². The number of nitrogens with zero attached hydrogens (tertiary/aromatic N) is 1. The van der Waals surface area contributed by atoms with Crippen molar-refractivity contribution in [3.63, 3.8) is 0 Å². The summed E-state index contributed by atoms with van der Waals surface area (Å²) in [6, 6.07) is 4.68. The zero-order valence-corrected chi connectivity index (χ0v) is 11.9. The Labute approximate surface area is 113 Å². The molecular formula is C14H23NO2S. The topological polar surface area (TPSA) is 32.7 Å². The molecule has 2 heterocycles. The van der Waals surface area contributed by atoms with Crippen molar-refractivity contribution < 1.29 is 9.84 Å². The van der Waals surface area contributed by atoms with E-state index in [1.807, 2.05) is 11.4 Å². The van der Waals surface area contributed by atoms with Gasteiger partial charge in [0.15, 0.2) is 0 Å². The van der Waals surface area contributed by atoms with Gasteiger partial charge in [-0.1, -0.05) is 12.5 Å². The lowest BCUT2D eigenvalue weighted by molar-refractivity contribution is -0.000741. The zero-order chi connectivity index (χ0) is 12.8. The van der Waals surface area contributed by atoms with Crippen LogP contribution in [-0.4, -0.2) is 41.8 Å². The first-order chi connectivity index (χ1) is 8.75. The number of aliphatic hydroxyl groups excluding tert-OH is 1. The minimum Gasteiger partial charge on any atom is -0.389 e. The van der Waals surface area contributed by atoms with Gasteiger partial charge in [-0.05, 0) is 37.8 Å². The van der Waals surface area contributed by atoms with Gasteiger partial charge in [0.05, 0.1) is 19.3 Å². The lowest BCUT2D eigenvalue weighted by Crippen LogP contribution is -2.43. The summed E-state index contributed by atoms with van der Waals surface area (Å²) in [5.41, 5.74) is 0. The van der Waals surface area contributed by atoms with Crippen LogP contribution in [0.4, 0.5) is 0 Å². The Morgan fingerprint density at radius 3 is 3.17 bits per heavy atom. The van der Waals surface area contributed by atoms with E-state index < -0.39 is 0 Å². The van der Waals surface area contributed by atoms with Crippen LogP contribution in [0, 0.1) is 0 Å². The lowest BCUT2D eigenvalue weighted by Gasteiger charge is -2.34. The first kappa shape index (κ1) is 14.0. The monoisotopic (exact) mass is 269 g/mol. The van der Waals surface area contributed by atoms with Crippen LogP contribution >= 0.6 is 11.3 Å². The molecule has 0 radical (unpaired) electrons. The molecule has 3 nitrogen and oxygen atoms in total. The molecule has 1 N–H and O–H groups in total. The van der Waals surface area contributed by atoms with E-state index in [0.29, 0.717) is 19.3 Å². The fraction of sp³-hybridized carbons (Fsp3) is 0.714. The maximum atomic E-state index is 9.98. The summed E-state index contributed by atoms with van der Waals surface area (Å²) in [7, 11) is 0. The molecule has 1 aliphatic rings. The van der Waals surface area contributed by atoms with E-state index >= 15 is 0 Å². The highest BCUT2D eigenvalue weighted by Crippen LogP contribution is 2.16. The van der Waals surface area contributed by atoms with Crippen molar-refractivity contribution in [3.05, 3.63) is 22.4 Å². The standard InChI is InChI=1S/C14H23NO2S/c1-12-5-2-3-7-15(12)9-13(16)10-17-11-14-6-4-8-18-14/h4,6,8,12-13,16H,2-3,5,7,9-11H2,1H3/t12-,13+/m1/s1. The van der Waals surface area contributed by atoms with Crippen molar-refractivity contribution in [1.82, 2.24) is 4.90 Å². The predicted octanol–water partition coefficient (Wildman–Crippen LogP) is 2.50. The van der Waals surface area contributed by atoms with Gasteiger partial charge in [0.25, 0.3) is 0 Å². The van der Waals surface area contributed by atoms with Gasteiger partial charge >= 0.3 is 0 Å². The highest BCUT2D eigenvalue weighted by Gasteiger charge is 2.20. The number of ether oxygens (including phenoxy) is 1. The van der Waals surface area contributed by atoms with Gasteiger partial charge in [-0.25, -0.2) is 0 Å². The zero-order valence-electron chi connectivity index (χ0n) is 11.0. The number of rotatable bonds is 6. The molecule has 2 atom stereocenters. The fourth-order valence-electron chi connectivity index (χ4n) is 2.44. The molecule has 1 aliphatic heterocycles. The SMILES string of the molecule is C[C@@H]1CCCCN1C[C@H](O)COCc1cccs1. The summed E-state index contributed by atoms with van der Waals surface area (Å²) in [6.45, 7) is 5.15. The fourth-order valence-corrected chi connectivity index (χ4v) is 3.08. The van der Waals surface area contributed by atoms with Gasteiger partial charge in [-0.15, -0.1) is 11.3 Å². The summed E-state index contributed by atoms with van der Waals surface area (Å²) in [5, 5.41) is 12.0. The summed E-state index contributed by atoms with van der Waals surface area (Å²) in [5.74, 6) is 0. The summed E-state index contributed by atoms with van der Waals surface area (Å²) in [6.07, 6.45) is 3.46. The Morgan fingerprint density at radius 2 is 2.44 bits per heavy atom. The van der Waals surface area contributed by atoms with E-state index in [1.165, 1.54) is 24.1 Å². The van der Waals surface area contributed by atoms with Crippen molar-refractivity contribution in [1.29, 1.82) is 0 Å². The van der Waals surface area contributed by atoms with Gasteiger partial charge in [0.2, 0.25) is 0 Å². The van der Waals surface area contributed by atoms with Crippen molar-refractivity contribution in [2.24, 2.45) is 0 Å². The molecule has 4 heteroatoms. The third-order valence-corrected chi connectivity index (χ3v) is 4.37. The van der Waals surface area contributed by atoms with E-state index in [1.54, 1.807) is 11.3 Å². The molecule has 1 fully saturated rings. The van der Waals surface area contributed by atoms with Crippen LogP contribution in [0.15, 0.2) is 17.5 Å². The Bertz CT molecular complexity index is 329. The third kappa shape index (κ3) is 4.35. The van der Waals surface area contributed by atoms with Crippen LogP contribution in [0.2, 0.25) is 0 Å². The van der Waals surface area contributed by atoms with Crippen LogP contribution in [0.5, 0.6) is 0 Å². The van der Waals surface area contributed by atoms with Crippen molar-refractivity contribution in [3.8, 4) is 0 Å². The smallest absolute Gasteiger partial charge is 0.0900 e. The van der Waals surface area contributed by atoms with Gasteiger partial charge in [0, 0.05) is 17.5 Å². The summed E-state index contributed by atoms with van der Waals surface area (Å²) >= 11 is 1.69. The molecule has 0 saturated carbocycles. The summed E-state index contributed by atoms with van der Waals surface area (Å²) in [4.78, 5) is 3.59. The molecule has 0 aliphatic carbocycles. The molecule has 0 bridgehead atoms. The number of hydrogen-bond donors (Lipinski definition) is 1. The molecule has 1 aromatic rings. The molecule has 1 aromatic heterocycles. The average molecular weight is 269 g/mol. The minimum atomic E-state index is -0.370. The molecule has 102 valence electrons. The van der Waals surface area contributed by atoms with E-state index in [0.717, 1.165) is 13.1 Å². The normalized spacial score (nSPS) is 23.1. The molecule has 0 unspecified atom stereocenters. The Morgan fingerprint density at radius 1 is 1.56 bits per heavy atom. The molecule has 1 saturated heterocycles. The number of likely N-dealkylation sites (tertiary alicyclic amines) is 1. The van der Waals surface area contributed by atoms with E-state index in [9.17, 15) is 5.11 Å². The van der Waals surface area contributed by atoms with Gasteiger partial charge in [-0.3, -0.25) is 4.90 Å². The van der Waals surface area contributed by atoms with E-state index in [2.05, 4.69) is 17.9 Å². The minimum absolute atomic E-state index is 0.370. The average Bonchev–Trinajstić information content (AvgIpc) is 2.85. The predicted molar refractivity (Wildman–Crippen MR) is 74.9 cm³/mol. The number of piperidine rings is 1. The quantitative estimate of drug-likeness (QED) is 0.861. The summed E-state index contributed by atoms with van der Waals surface area (Å²) < 4.78 is 5.55. The largest absolute Gasteiger partial charge is 0.389 e. The van der Waals surface area contributed by atoms with Gasteiger partial charge in [0.1, 0.15) is 0 Å². The second kappa shape index (κ2) is 7.24. The first-order valence-electron chi connectivity index (χ1n) is 6.78. The number of aliphatic hydroxyl groups is 1. The second-order valence-corrected chi connectivity index (χ2v) is 6.12. The van der Waals surface area contributed by atoms with Crippen LogP contribution in [0.3, 0.4) is 0 Å². The Hall–Kier alpha value is -0.420. The lowest BCUT2D eigenvalue weighted by atomic mass is 10.0. The molecule has 0 amide bonds. The Balaban J connectivity index is 1.63. The highest BCUT2D eigenvalue weighted by molar-refractivity contribution is 7.09. The number of β-amino-alcohol motifs (C(OH)–C–C–N with tert-alkyl or cyclic N) is 1.